The van der Waals surface area contributed by atoms with E-state index in [1.54, 1.807) is 11.3 Å². The van der Waals surface area contributed by atoms with Crippen molar-refractivity contribution in [2.45, 2.75) is 5.41 Å². The molecule has 0 saturated carbocycles. The summed E-state index contributed by atoms with van der Waals surface area (Å²) in [5.41, 5.74) is 14.8. The third-order valence-corrected chi connectivity index (χ3v) is 13.7. The van der Waals surface area contributed by atoms with E-state index in [1.807, 2.05) is 30.3 Å². The van der Waals surface area contributed by atoms with Crippen molar-refractivity contribution in [2.24, 2.45) is 0 Å². The summed E-state index contributed by atoms with van der Waals surface area (Å²) < 4.78 is 13.3. The number of ether oxygens (including phenoxy) is 2. The highest BCUT2D eigenvalue weighted by atomic mass is 32.1. The molecule has 12 rings (SSSR count). The van der Waals surface area contributed by atoms with Crippen LogP contribution in [0, 0.1) is 0 Å². The van der Waals surface area contributed by atoms with Crippen LogP contribution >= 0.6 is 11.3 Å². The average molecular weight is 826 g/mol. The third kappa shape index (κ3) is 6.02. The largest absolute Gasteiger partial charge is 0.448 e. The Morgan fingerprint density at radius 1 is 0.333 bits per heavy atom. The second-order valence-electron chi connectivity index (χ2n) is 16.0. The molecule has 2 aliphatic rings. The first kappa shape index (κ1) is 36.9. The Balaban J connectivity index is 1.01. The highest BCUT2D eigenvalue weighted by Crippen LogP contribution is 2.59. The molecule has 0 fully saturated rings. The van der Waals surface area contributed by atoms with Crippen LogP contribution in [-0.2, 0) is 5.41 Å². The summed E-state index contributed by atoms with van der Waals surface area (Å²) in [5, 5.41) is 0. The fourth-order valence-electron chi connectivity index (χ4n) is 9.69. The van der Waals surface area contributed by atoms with Crippen LogP contribution in [0.4, 0.5) is 17.1 Å². The lowest BCUT2D eigenvalue weighted by Gasteiger charge is -2.34. The Hall–Kier alpha value is -7.92. The Labute approximate surface area is 371 Å². The highest BCUT2D eigenvalue weighted by molar-refractivity contribution is 7.19. The summed E-state index contributed by atoms with van der Waals surface area (Å²) in [6, 6.07) is 84.6. The molecule has 0 atom stereocenters. The van der Waals surface area contributed by atoms with E-state index in [4.69, 9.17) is 9.47 Å². The molecule has 0 N–H and O–H groups in total. The lowest BCUT2D eigenvalue weighted by Crippen LogP contribution is -2.28. The zero-order valence-corrected chi connectivity index (χ0v) is 35.0. The van der Waals surface area contributed by atoms with E-state index < -0.39 is 5.41 Å². The van der Waals surface area contributed by atoms with Crippen molar-refractivity contribution in [1.29, 1.82) is 0 Å². The van der Waals surface area contributed by atoms with Gasteiger partial charge in [-0.15, -0.1) is 11.3 Å². The number of rotatable bonds is 8. The Morgan fingerprint density at radius 3 is 1.32 bits per heavy atom. The molecule has 0 saturated heterocycles. The molecule has 3 nitrogen and oxygen atoms in total. The molecule has 10 aromatic rings. The van der Waals surface area contributed by atoms with Gasteiger partial charge in [0.25, 0.3) is 0 Å². The zero-order valence-electron chi connectivity index (χ0n) is 34.2. The molecule has 1 aliphatic carbocycles. The summed E-state index contributed by atoms with van der Waals surface area (Å²) in [7, 11) is 0. The van der Waals surface area contributed by atoms with Crippen LogP contribution in [0.15, 0.2) is 237 Å². The quantitative estimate of drug-likeness (QED) is 0.152. The molecule has 298 valence electrons. The van der Waals surface area contributed by atoms with Gasteiger partial charge in [0, 0.05) is 16.9 Å². The maximum absolute atomic E-state index is 6.66. The molecule has 0 bridgehead atoms. The molecule has 1 aromatic heterocycles. The van der Waals surface area contributed by atoms with E-state index >= 15 is 0 Å². The van der Waals surface area contributed by atoms with Crippen LogP contribution in [0.3, 0.4) is 0 Å². The fourth-order valence-corrected chi connectivity index (χ4v) is 10.9. The van der Waals surface area contributed by atoms with Crippen LogP contribution in [-0.4, -0.2) is 0 Å². The molecule has 4 heteroatoms. The molecule has 0 unspecified atom stereocenters. The van der Waals surface area contributed by atoms with E-state index in [0.717, 1.165) is 66.3 Å². The van der Waals surface area contributed by atoms with Gasteiger partial charge in [0.2, 0.25) is 0 Å². The van der Waals surface area contributed by atoms with Crippen molar-refractivity contribution in [3.63, 3.8) is 0 Å². The Morgan fingerprint density at radius 2 is 0.746 bits per heavy atom. The van der Waals surface area contributed by atoms with Crippen LogP contribution in [0.5, 0.6) is 23.0 Å². The van der Waals surface area contributed by atoms with Gasteiger partial charge in [0.05, 0.1) is 20.9 Å². The summed E-state index contributed by atoms with van der Waals surface area (Å²) in [6.45, 7) is 0. The number of fused-ring (bicyclic) bond motifs is 5. The summed E-state index contributed by atoms with van der Waals surface area (Å²) >= 11 is 1.70. The van der Waals surface area contributed by atoms with Gasteiger partial charge in [-0.25, -0.2) is 0 Å². The van der Waals surface area contributed by atoms with Crippen molar-refractivity contribution < 1.29 is 9.47 Å². The molecular weight excluding hydrogens is 787 g/mol. The molecule has 0 spiro atoms. The predicted octanol–water partition coefficient (Wildman–Crippen LogP) is 16.5. The molecule has 0 amide bonds. The monoisotopic (exact) mass is 825 g/mol. The van der Waals surface area contributed by atoms with Gasteiger partial charge in [-0.2, -0.15) is 0 Å². The highest BCUT2D eigenvalue weighted by Gasteiger charge is 2.45. The minimum atomic E-state index is -0.480. The summed E-state index contributed by atoms with van der Waals surface area (Å²) in [4.78, 5) is 4.45. The lowest BCUT2D eigenvalue weighted by molar-refractivity contribution is 0.364. The van der Waals surface area contributed by atoms with Crippen LogP contribution in [0.25, 0.3) is 43.1 Å². The number of para-hydroxylation sites is 3. The Kier molecular flexibility index (Phi) is 8.91. The number of nitrogens with zero attached hydrogens (tertiary/aromatic N) is 1. The minimum absolute atomic E-state index is 0.480. The SMILES string of the molecule is c1ccc(-c2ccccc2N(c2ccc(-c3sc(-c4ccccc4)c4c3Oc3ccccc3O4)cc2)c2ccc(C3(c4ccccc4)c4ccccc4-c4ccccc43)cc2)cc1. The van der Waals surface area contributed by atoms with Crippen LogP contribution in [0.1, 0.15) is 22.3 Å². The van der Waals surface area contributed by atoms with Gasteiger partial charge in [0.15, 0.2) is 23.0 Å². The van der Waals surface area contributed by atoms with Crippen molar-refractivity contribution >= 4 is 28.4 Å². The lowest BCUT2D eigenvalue weighted by atomic mass is 9.68. The summed E-state index contributed by atoms with van der Waals surface area (Å²) in [5.74, 6) is 2.93. The Bertz CT molecular complexity index is 3220. The van der Waals surface area contributed by atoms with E-state index in [-0.39, 0.29) is 0 Å². The van der Waals surface area contributed by atoms with Crippen LogP contribution < -0.4 is 14.4 Å². The maximum Gasteiger partial charge on any atom is 0.189 e. The smallest absolute Gasteiger partial charge is 0.189 e. The maximum atomic E-state index is 6.66. The number of benzene rings is 9. The molecular formula is C59H39NO2S. The molecule has 2 heterocycles. The zero-order chi connectivity index (χ0) is 41.7. The minimum Gasteiger partial charge on any atom is -0.448 e. The predicted molar refractivity (Wildman–Crippen MR) is 259 cm³/mol. The normalized spacial score (nSPS) is 12.8. The first-order valence-electron chi connectivity index (χ1n) is 21.3. The van der Waals surface area contributed by atoms with Crippen molar-refractivity contribution in [2.75, 3.05) is 4.90 Å². The fraction of sp³-hybridized carbons (Fsp3) is 0.0169. The number of hydrogen-bond donors (Lipinski definition) is 0. The molecule has 9 aromatic carbocycles. The van der Waals surface area contributed by atoms with E-state index in [0.29, 0.717) is 5.75 Å². The van der Waals surface area contributed by atoms with Crippen LogP contribution in [0.2, 0.25) is 0 Å². The average Bonchev–Trinajstić information content (AvgIpc) is 3.88. The van der Waals surface area contributed by atoms with Crippen molar-refractivity contribution in [3.05, 3.63) is 259 Å². The second-order valence-corrected chi connectivity index (χ2v) is 17.0. The van der Waals surface area contributed by atoms with Crippen molar-refractivity contribution in [1.82, 2.24) is 0 Å². The van der Waals surface area contributed by atoms with Gasteiger partial charge in [-0.3, -0.25) is 0 Å². The number of hydrogen-bond acceptors (Lipinski definition) is 4. The van der Waals surface area contributed by atoms with Gasteiger partial charge in [-0.05, 0) is 92.5 Å². The number of anilines is 3. The van der Waals surface area contributed by atoms with Gasteiger partial charge in [0.1, 0.15) is 0 Å². The third-order valence-electron chi connectivity index (χ3n) is 12.5. The molecule has 63 heavy (non-hydrogen) atoms. The molecule has 0 radical (unpaired) electrons. The second kappa shape index (κ2) is 15.2. The van der Waals surface area contributed by atoms with E-state index in [9.17, 15) is 0 Å². The first-order chi connectivity index (χ1) is 31.3. The number of thiophene rings is 1. The molecule has 1 aliphatic heterocycles. The topological polar surface area (TPSA) is 21.7 Å². The van der Waals surface area contributed by atoms with Gasteiger partial charge < -0.3 is 14.4 Å². The van der Waals surface area contributed by atoms with E-state index in [1.165, 1.54) is 33.4 Å². The first-order valence-corrected chi connectivity index (χ1v) is 22.1. The van der Waals surface area contributed by atoms with Crippen molar-refractivity contribution in [3.8, 4) is 66.1 Å². The standard InChI is InChI=1S/C59H39NO2S/c1-4-18-40(19-5-1)47-24-12-15-29-52(47)60(45-36-32-42(33-37-45)58-56-55(57(63-58)41-20-6-2-7-21-41)61-53-30-16-17-31-54(53)62-56)46-38-34-44(35-39-46)59(43-22-8-3-9-23-43)50-27-13-10-25-48(50)49-26-11-14-28-51(49)59/h1-39H. The van der Waals surface area contributed by atoms with E-state index in [2.05, 4.69) is 211 Å². The van der Waals surface area contributed by atoms with Gasteiger partial charge in [-0.1, -0.05) is 194 Å². The van der Waals surface area contributed by atoms with Gasteiger partial charge >= 0.3 is 0 Å². The summed E-state index contributed by atoms with van der Waals surface area (Å²) in [6.07, 6.45) is 0.